The lowest BCUT2D eigenvalue weighted by Crippen LogP contribution is -2.29. The number of amides is 1. The van der Waals surface area contributed by atoms with Gasteiger partial charge >= 0.3 is 0 Å². The Hall–Kier alpha value is -2.90. The first-order valence-electron chi connectivity index (χ1n) is 8.20. The molecule has 1 aliphatic rings. The van der Waals surface area contributed by atoms with Gasteiger partial charge in [-0.05, 0) is 37.8 Å². The Bertz CT molecular complexity index is 794. The zero-order chi connectivity index (χ0) is 18.0. The summed E-state index contributed by atoms with van der Waals surface area (Å²) in [6.45, 7) is 0. The van der Waals surface area contributed by atoms with E-state index in [1.165, 1.54) is 6.07 Å². The summed E-state index contributed by atoms with van der Waals surface area (Å²) >= 11 is 0. The number of nitrogens with zero attached hydrogens (tertiary/aromatic N) is 2. The fourth-order valence-corrected chi connectivity index (χ4v) is 3.33. The third kappa shape index (κ3) is 3.33. The largest absolute Gasteiger partial charge is 0.383 e. The van der Waals surface area contributed by atoms with Crippen molar-refractivity contribution in [2.75, 3.05) is 11.1 Å². The third-order valence-electron chi connectivity index (χ3n) is 4.70. The summed E-state index contributed by atoms with van der Waals surface area (Å²) < 4.78 is 15.7. The minimum atomic E-state index is -0.399. The maximum Gasteiger partial charge on any atom is 0.220 e. The second-order valence-corrected chi connectivity index (χ2v) is 6.23. The van der Waals surface area contributed by atoms with Crippen molar-refractivity contribution in [1.82, 2.24) is 9.55 Å². The SMILES string of the molecule is N=Cc1nc(Nc2ccccc2F)n(C2CCC(C(N)=O)CC2)c1N. The molecule has 7 nitrogen and oxygen atoms in total. The second kappa shape index (κ2) is 6.92. The van der Waals surface area contributed by atoms with Crippen molar-refractivity contribution in [1.29, 1.82) is 5.41 Å². The number of nitrogens with two attached hydrogens (primary N) is 2. The van der Waals surface area contributed by atoms with Crippen LogP contribution < -0.4 is 16.8 Å². The molecule has 0 unspecified atom stereocenters. The summed E-state index contributed by atoms with van der Waals surface area (Å²) in [5.41, 5.74) is 12.2. The average molecular weight is 344 g/mol. The normalized spacial score (nSPS) is 20.2. The van der Waals surface area contributed by atoms with E-state index >= 15 is 0 Å². The molecule has 0 bridgehead atoms. The lowest BCUT2D eigenvalue weighted by Gasteiger charge is -2.29. The van der Waals surface area contributed by atoms with Gasteiger partial charge in [0.15, 0.2) is 0 Å². The van der Waals surface area contributed by atoms with E-state index in [1.54, 1.807) is 22.8 Å². The van der Waals surface area contributed by atoms with Crippen LogP contribution in [0, 0.1) is 17.1 Å². The van der Waals surface area contributed by atoms with Crippen LogP contribution >= 0.6 is 0 Å². The van der Waals surface area contributed by atoms with Gasteiger partial charge in [-0.15, -0.1) is 0 Å². The van der Waals surface area contributed by atoms with Crippen LogP contribution in [0.3, 0.4) is 0 Å². The van der Waals surface area contributed by atoms with E-state index in [0.717, 1.165) is 19.1 Å². The molecule has 1 saturated carbocycles. The Morgan fingerprint density at radius 3 is 2.60 bits per heavy atom. The van der Waals surface area contributed by atoms with Crippen molar-refractivity contribution in [2.45, 2.75) is 31.7 Å². The molecule has 3 rings (SSSR count). The highest BCUT2D eigenvalue weighted by molar-refractivity contribution is 5.83. The van der Waals surface area contributed by atoms with Crippen molar-refractivity contribution in [3.05, 3.63) is 35.8 Å². The molecule has 1 aromatic heterocycles. The summed E-state index contributed by atoms with van der Waals surface area (Å²) in [6, 6.07) is 6.31. The molecule has 0 aliphatic heterocycles. The van der Waals surface area contributed by atoms with Crippen molar-refractivity contribution >= 4 is 29.6 Å². The van der Waals surface area contributed by atoms with Crippen LogP contribution in [0.15, 0.2) is 24.3 Å². The van der Waals surface area contributed by atoms with Crippen LogP contribution in [0.5, 0.6) is 0 Å². The standard InChI is InChI=1S/C17H21FN6O/c18-12-3-1-2-4-13(12)22-17-23-14(9-19)15(20)24(17)11-7-5-10(6-8-11)16(21)25/h1-4,9-11,19H,5-8,20H2,(H2,21,25)(H,22,23). The number of hydrogen-bond donors (Lipinski definition) is 4. The van der Waals surface area contributed by atoms with Gasteiger partial charge in [0.1, 0.15) is 17.3 Å². The third-order valence-corrected chi connectivity index (χ3v) is 4.70. The number of rotatable bonds is 5. The first kappa shape index (κ1) is 16.9. The lowest BCUT2D eigenvalue weighted by atomic mass is 9.85. The van der Waals surface area contributed by atoms with E-state index in [1.807, 2.05) is 0 Å². The van der Waals surface area contributed by atoms with Gasteiger partial charge in [0.25, 0.3) is 0 Å². The summed E-state index contributed by atoms with van der Waals surface area (Å²) in [6.07, 6.45) is 3.87. The predicted octanol–water partition coefficient (Wildman–Crippen LogP) is 2.56. The van der Waals surface area contributed by atoms with Crippen LogP contribution in [0.2, 0.25) is 0 Å². The number of hydrogen-bond acceptors (Lipinski definition) is 5. The number of carbonyl (C=O) groups excluding carboxylic acids is 1. The lowest BCUT2D eigenvalue weighted by molar-refractivity contribution is -0.122. The Kier molecular flexibility index (Phi) is 4.69. The van der Waals surface area contributed by atoms with Crippen molar-refractivity contribution in [2.24, 2.45) is 11.7 Å². The molecule has 1 fully saturated rings. The molecule has 2 aromatic rings. The van der Waals surface area contributed by atoms with E-state index in [0.29, 0.717) is 30.3 Å². The van der Waals surface area contributed by atoms with Crippen LogP contribution in [-0.4, -0.2) is 21.7 Å². The topological polar surface area (TPSA) is 123 Å². The Morgan fingerprint density at radius 2 is 2.00 bits per heavy atom. The van der Waals surface area contributed by atoms with Crippen LogP contribution in [0.1, 0.15) is 37.4 Å². The quantitative estimate of drug-likeness (QED) is 0.622. The molecule has 0 spiro atoms. The average Bonchev–Trinajstić information content (AvgIpc) is 2.92. The van der Waals surface area contributed by atoms with Gasteiger partial charge in [0, 0.05) is 18.2 Å². The maximum atomic E-state index is 14.0. The molecule has 25 heavy (non-hydrogen) atoms. The number of aromatic nitrogens is 2. The van der Waals surface area contributed by atoms with E-state index in [9.17, 15) is 9.18 Å². The number of imidazole rings is 1. The van der Waals surface area contributed by atoms with E-state index in [-0.39, 0.29) is 23.6 Å². The highest BCUT2D eigenvalue weighted by Crippen LogP contribution is 2.37. The van der Waals surface area contributed by atoms with E-state index < -0.39 is 5.82 Å². The summed E-state index contributed by atoms with van der Waals surface area (Å²) in [5.74, 6) is -0.0439. The van der Waals surface area contributed by atoms with Gasteiger partial charge in [-0.1, -0.05) is 12.1 Å². The van der Waals surface area contributed by atoms with Gasteiger partial charge in [-0.2, -0.15) is 0 Å². The molecule has 0 saturated heterocycles. The minimum Gasteiger partial charge on any atom is -0.383 e. The molecular formula is C17H21FN6O. The highest BCUT2D eigenvalue weighted by atomic mass is 19.1. The van der Waals surface area contributed by atoms with Gasteiger partial charge in [0.2, 0.25) is 11.9 Å². The highest BCUT2D eigenvalue weighted by Gasteiger charge is 2.29. The molecule has 1 aromatic carbocycles. The monoisotopic (exact) mass is 344 g/mol. The molecule has 0 atom stereocenters. The summed E-state index contributed by atoms with van der Waals surface area (Å²) in [5, 5.41) is 10.4. The predicted molar refractivity (Wildman–Crippen MR) is 94.4 cm³/mol. The van der Waals surface area contributed by atoms with Crippen molar-refractivity contribution in [3.63, 3.8) is 0 Å². The van der Waals surface area contributed by atoms with E-state index in [2.05, 4.69) is 10.3 Å². The van der Waals surface area contributed by atoms with Crippen LogP contribution in [-0.2, 0) is 4.79 Å². The molecule has 1 aliphatic carbocycles. The number of halogens is 1. The summed E-state index contributed by atoms with van der Waals surface area (Å²) in [4.78, 5) is 15.7. The van der Waals surface area contributed by atoms with Gasteiger partial charge in [0.05, 0.1) is 5.69 Å². The zero-order valence-electron chi connectivity index (χ0n) is 13.7. The number of primary amides is 1. The molecule has 1 heterocycles. The van der Waals surface area contributed by atoms with Crippen LogP contribution in [0.4, 0.5) is 21.8 Å². The van der Waals surface area contributed by atoms with Crippen molar-refractivity contribution in [3.8, 4) is 0 Å². The number of para-hydroxylation sites is 1. The molecular weight excluding hydrogens is 323 g/mol. The molecule has 8 heteroatoms. The Morgan fingerprint density at radius 1 is 1.32 bits per heavy atom. The number of nitrogens with one attached hydrogen (secondary N) is 2. The minimum absolute atomic E-state index is 0.0195. The first-order chi connectivity index (χ1) is 12.0. The zero-order valence-corrected chi connectivity index (χ0v) is 13.7. The number of nitrogen functional groups attached to an aromatic ring is 1. The smallest absolute Gasteiger partial charge is 0.220 e. The van der Waals surface area contributed by atoms with Gasteiger partial charge in [-0.25, -0.2) is 9.37 Å². The molecule has 132 valence electrons. The maximum absolute atomic E-state index is 14.0. The number of anilines is 3. The summed E-state index contributed by atoms with van der Waals surface area (Å²) in [7, 11) is 0. The molecule has 1 amide bonds. The van der Waals surface area contributed by atoms with Gasteiger partial charge < -0.3 is 22.2 Å². The van der Waals surface area contributed by atoms with Gasteiger partial charge in [-0.3, -0.25) is 9.36 Å². The Balaban J connectivity index is 1.90. The Labute approximate surface area is 144 Å². The second-order valence-electron chi connectivity index (χ2n) is 6.23. The van der Waals surface area contributed by atoms with Crippen LogP contribution in [0.25, 0.3) is 0 Å². The fourth-order valence-electron chi connectivity index (χ4n) is 3.33. The van der Waals surface area contributed by atoms with E-state index in [4.69, 9.17) is 16.9 Å². The first-order valence-corrected chi connectivity index (χ1v) is 8.20. The molecule has 0 radical (unpaired) electrons. The number of benzene rings is 1. The molecule has 6 N–H and O–H groups in total. The number of carbonyl (C=O) groups is 1. The van der Waals surface area contributed by atoms with Crippen molar-refractivity contribution < 1.29 is 9.18 Å². The fraction of sp³-hybridized carbons (Fsp3) is 0.353.